The molecule has 0 aliphatic heterocycles. The number of rotatable bonds is 8. The maximum Gasteiger partial charge on any atom is 0.123 e. The Hall–Kier alpha value is -0.730. The summed E-state index contributed by atoms with van der Waals surface area (Å²) in [5.41, 5.74) is 2.25. The molecule has 120 valence electrons. The summed E-state index contributed by atoms with van der Waals surface area (Å²) in [5, 5.41) is 4.27. The molecule has 0 saturated carbocycles. The molecule has 0 radical (unpaired) electrons. The third-order valence-electron chi connectivity index (χ3n) is 3.57. The highest BCUT2D eigenvalue weighted by Gasteiger charge is 2.13. The number of aryl methyl sites for hydroxylation is 1. The minimum Gasteiger partial charge on any atom is -0.489 e. The molecule has 1 aromatic carbocycles. The van der Waals surface area contributed by atoms with E-state index in [-0.39, 0.29) is 6.10 Å². The first kappa shape index (κ1) is 18.3. The highest BCUT2D eigenvalue weighted by Crippen LogP contribution is 2.32. The molecule has 3 heteroatoms. The molecule has 0 amide bonds. The molecule has 0 aliphatic rings. The van der Waals surface area contributed by atoms with Gasteiger partial charge in [-0.25, -0.2) is 0 Å². The number of benzene rings is 1. The Balaban J connectivity index is 2.62. The molecule has 0 spiro atoms. The lowest BCUT2D eigenvalue weighted by atomic mass is 10.0. The van der Waals surface area contributed by atoms with Crippen LogP contribution in [0.5, 0.6) is 5.75 Å². The van der Waals surface area contributed by atoms with E-state index in [9.17, 15) is 0 Å². The number of hydrogen-bond donors (Lipinski definition) is 1. The minimum atomic E-state index is 0.148. The monoisotopic (exact) mass is 311 g/mol. The van der Waals surface area contributed by atoms with Gasteiger partial charge in [0.2, 0.25) is 0 Å². The molecule has 0 heterocycles. The Morgan fingerprint density at radius 2 is 1.81 bits per heavy atom. The average Bonchev–Trinajstić information content (AvgIpc) is 2.38. The molecule has 0 fully saturated rings. The van der Waals surface area contributed by atoms with Crippen LogP contribution < -0.4 is 10.1 Å². The Bertz CT molecular complexity index is 443. The van der Waals surface area contributed by atoms with E-state index in [0.29, 0.717) is 5.92 Å². The molecule has 0 bridgehead atoms. The van der Waals surface area contributed by atoms with E-state index in [1.54, 1.807) is 0 Å². The van der Waals surface area contributed by atoms with E-state index in [0.717, 1.165) is 35.3 Å². The smallest absolute Gasteiger partial charge is 0.123 e. The molecule has 0 saturated heterocycles. The van der Waals surface area contributed by atoms with Crippen LogP contribution in [-0.4, -0.2) is 19.2 Å². The number of ether oxygens (including phenoxy) is 1. The second-order valence-electron chi connectivity index (χ2n) is 6.61. The van der Waals surface area contributed by atoms with E-state index < -0.39 is 0 Å². The van der Waals surface area contributed by atoms with Crippen molar-refractivity contribution in [3.05, 3.63) is 28.3 Å². The Labute approximate surface area is 135 Å². The molecule has 1 atom stereocenters. The van der Waals surface area contributed by atoms with E-state index in [1.165, 1.54) is 12.0 Å². The second kappa shape index (κ2) is 8.65. The molecular formula is C18H30ClNO. The zero-order valence-corrected chi connectivity index (χ0v) is 15.1. The molecule has 0 aromatic heterocycles. The van der Waals surface area contributed by atoms with Crippen LogP contribution >= 0.6 is 11.6 Å². The Morgan fingerprint density at radius 1 is 1.14 bits per heavy atom. The van der Waals surface area contributed by atoms with Gasteiger partial charge in [-0.1, -0.05) is 39.3 Å². The highest BCUT2D eigenvalue weighted by molar-refractivity contribution is 6.31. The summed E-state index contributed by atoms with van der Waals surface area (Å²) in [5.74, 6) is 2.10. The van der Waals surface area contributed by atoms with E-state index >= 15 is 0 Å². The van der Waals surface area contributed by atoms with Gasteiger partial charge < -0.3 is 10.1 Å². The fourth-order valence-corrected chi connectivity index (χ4v) is 2.35. The summed E-state index contributed by atoms with van der Waals surface area (Å²) in [7, 11) is 0. The lowest BCUT2D eigenvalue weighted by molar-refractivity contribution is 0.214. The fraction of sp³-hybridized carbons (Fsp3) is 0.667. The first-order valence-electron chi connectivity index (χ1n) is 7.98. The molecule has 0 aliphatic carbocycles. The van der Waals surface area contributed by atoms with Crippen LogP contribution in [0.15, 0.2) is 12.1 Å². The van der Waals surface area contributed by atoms with Crippen LogP contribution in [0.1, 0.15) is 58.1 Å². The standard InChI is InChI=1S/C18H30ClNO/c1-12(2)7-8-20-11-15(6)21-18-9-14(5)17(19)10-16(18)13(3)4/h9-10,12-13,15,20H,7-8,11H2,1-6H3. The van der Waals surface area contributed by atoms with Crippen LogP contribution in [0.3, 0.4) is 0 Å². The fourth-order valence-electron chi connectivity index (χ4n) is 2.18. The van der Waals surface area contributed by atoms with Crippen molar-refractivity contribution in [1.82, 2.24) is 5.32 Å². The SMILES string of the molecule is Cc1cc(OC(C)CNCCC(C)C)c(C(C)C)cc1Cl. The molecule has 1 aromatic rings. The molecular weight excluding hydrogens is 282 g/mol. The predicted octanol–water partition coefficient (Wildman–Crippen LogP) is 5.17. The summed E-state index contributed by atoms with van der Waals surface area (Å²) >= 11 is 6.23. The predicted molar refractivity (Wildman–Crippen MR) is 92.7 cm³/mol. The first-order valence-corrected chi connectivity index (χ1v) is 8.36. The normalized spacial score (nSPS) is 13.0. The number of hydrogen-bond acceptors (Lipinski definition) is 2. The van der Waals surface area contributed by atoms with Gasteiger partial charge >= 0.3 is 0 Å². The van der Waals surface area contributed by atoms with Crippen molar-refractivity contribution in [2.75, 3.05) is 13.1 Å². The van der Waals surface area contributed by atoms with Crippen molar-refractivity contribution in [2.45, 2.75) is 60.0 Å². The van der Waals surface area contributed by atoms with E-state index in [4.69, 9.17) is 16.3 Å². The molecule has 1 rings (SSSR count). The maximum absolute atomic E-state index is 6.23. The van der Waals surface area contributed by atoms with Gasteiger partial charge in [0.15, 0.2) is 0 Å². The topological polar surface area (TPSA) is 21.3 Å². The van der Waals surface area contributed by atoms with Crippen molar-refractivity contribution < 1.29 is 4.74 Å². The minimum absolute atomic E-state index is 0.148. The van der Waals surface area contributed by atoms with Crippen LogP contribution in [0.4, 0.5) is 0 Å². The van der Waals surface area contributed by atoms with E-state index in [1.807, 2.05) is 13.0 Å². The highest BCUT2D eigenvalue weighted by atomic mass is 35.5. The Morgan fingerprint density at radius 3 is 2.38 bits per heavy atom. The molecule has 21 heavy (non-hydrogen) atoms. The van der Waals surface area contributed by atoms with Gasteiger partial charge in [-0.3, -0.25) is 0 Å². The zero-order chi connectivity index (χ0) is 16.0. The zero-order valence-electron chi connectivity index (χ0n) is 14.3. The quantitative estimate of drug-likeness (QED) is 0.668. The van der Waals surface area contributed by atoms with Crippen LogP contribution in [0, 0.1) is 12.8 Å². The summed E-state index contributed by atoms with van der Waals surface area (Å²) in [6.45, 7) is 14.9. The van der Waals surface area contributed by atoms with Crippen LogP contribution in [0.2, 0.25) is 5.02 Å². The maximum atomic E-state index is 6.23. The lowest BCUT2D eigenvalue weighted by Crippen LogP contribution is -2.30. The van der Waals surface area contributed by atoms with Gasteiger partial charge in [0, 0.05) is 11.6 Å². The second-order valence-corrected chi connectivity index (χ2v) is 7.02. The van der Waals surface area contributed by atoms with E-state index in [2.05, 4.69) is 46.0 Å². The molecule has 1 unspecified atom stereocenters. The molecule has 2 nitrogen and oxygen atoms in total. The van der Waals surface area contributed by atoms with Gasteiger partial charge in [0.25, 0.3) is 0 Å². The molecule has 1 N–H and O–H groups in total. The van der Waals surface area contributed by atoms with Crippen molar-refractivity contribution in [2.24, 2.45) is 5.92 Å². The van der Waals surface area contributed by atoms with Crippen molar-refractivity contribution in [3.63, 3.8) is 0 Å². The first-order chi connectivity index (χ1) is 9.81. The number of nitrogens with one attached hydrogen (secondary N) is 1. The van der Waals surface area contributed by atoms with Crippen molar-refractivity contribution >= 4 is 11.6 Å². The van der Waals surface area contributed by atoms with Gasteiger partial charge in [-0.05, 0) is 61.9 Å². The van der Waals surface area contributed by atoms with Crippen LogP contribution in [0.25, 0.3) is 0 Å². The van der Waals surface area contributed by atoms with Gasteiger partial charge in [-0.2, -0.15) is 0 Å². The number of halogens is 1. The van der Waals surface area contributed by atoms with Gasteiger partial charge in [0.05, 0.1) is 0 Å². The third-order valence-corrected chi connectivity index (χ3v) is 3.98. The van der Waals surface area contributed by atoms with Gasteiger partial charge in [0.1, 0.15) is 11.9 Å². The van der Waals surface area contributed by atoms with Crippen molar-refractivity contribution in [3.8, 4) is 5.75 Å². The average molecular weight is 312 g/mol. The summed E-state index contributed by atoms with van der Waals surface area (Å²) in [6, 6.07) is 4.10. The van der Waals surface area contributed by atoms with Gasteiger partial charge in [-0.15, -0.1) is 0 Å². The lowest BCUT2D eigenvalue weighted by Gasteiger charge is -2.21. The van der Waals surface area contributed by atoms with Crippen molar-refractivity contribution in [1.29, 1.82) is 0 Å². The Kier molecular flexibility index (Phi) is 7.55. The summed E-state index contributed by atoms with van der Waals surface area (Å²) in [6.07, 6.45) is 1.35. The summed E-state index contributed by atoms with van der Waals surface area (Å²) in [4.78, 5) is 0. The largest absolute Gasteiger partial charge is 0.489 e. The van der Waals surface area contributed by atoms with Crippen LogP contribution in [-0.2, 0) is 0 Å². The third kappa shape index (κ3) is 6.27. The summed E-state index contributed by atoms with van der Waals surface area (Å²) < 4.78 is 6.13.